The van der Waals surface area contributed by atoms with Crippen molar-refractivity contribution in [3.05, 3.63) is 51.8 Å². The minimum atomic E-state index is 0.441. The van der Waals surface area contributed by atoms with Crippen molar-refractivity contribution >= 4 is 23.6 Å². The van der Waals surface area contributed by atoms with E-state index in [9.17, 15) is 0 Å². The summed E-state index contributed by atoms with van der Waals surface area (Å²) in [5.74, 6) is 0. The number of nitriles is 1. The van der Waals surface area contributed by atoms with Crippen LogP contribution in [0, 0.1) is 29.8 Å². The van der Waals surface area contributed by atoms with Gasteiger partial charge in [0, 0.05) is 5.69 Å². The first kappa shape index (κ1) is 13.1. The smallest absolute Gasteiger partial charge is 0.121 e. The van der Waals surface area contributed by atoms with Gasteiger partial charge >= 0.3 is 0 Å². The molecule has 1 aromatic carbocycles. The van der Waals surface area contributed by atoms with Crippen LogP contribution in [0.25, 0.3) is 0 Å². The number of nitrogens with one attached hydrogen (secondary N) is 1. The number of hydrogen-bond acceptors (Lipinski definition) is 4. The lowest BCUT2D eigenvalue weighted by atomic mass is 10.1. The standard InChI is InChI=1S/C14H12N4S/c1-9-12(8-15)14(19)16-10(2)13(9)18-17-11-6-4-3-5-7-11/h3-7H,1-2H3,(H,16,19). The number of hydrogen-bond donors (Lipinski definition) is 1. The van der Waals surface area contributed by atoms with E-state index in [4.69, 9.17) is 17.5 Å². The topological polar surface area (TPSA) is 64.3 Å². The van der Waals surface area contributed by atoms with Crippen molar-refractivity contribution in [3.8, 4) is 6.07 Å². The average Bonchev–Trinajstić information content (AvgIpc) is 2.39. The van der Waals surface area contributed by atoms with E-state index in [0.29, 0.717) is 15.9 Å². The van der Waals surface area contributed by atoms with Crippen molar-refractivity contribution in [1.82, 2.24) is 4.98 Å². The number of pyridine rings is 1. The van der Waals surface area contributed by atoms with E-state index >= 15 is 0 Å². The van der Waals surface area contributed by atoms with Crippen LogP contribution in [0.1, 0.15) is 16.8 Å². The van der Waals surface area contributed by atoms with E-state index in [2.05, 4.69) is 21.3 Å². The van der Waals surface area contributed by atoms with Gasteiger partial charge in [-0.05, 0) is 31.5 Å². The summed E-state index contributed by atoms with van der Waals surface area (Å²) in [5.41, 5.74) is 3.43. The highest BCUT2D eigenvalue weighted by molar-refractivity contribution is 7.71. The summed E-state index contributed by atoms with van der Waals surface area (Å²) in [6.45, 7) is 3.69. The summed E-state index contributed by atoms with van der Waals surface area (Å²) in [4.78, 5) is 2.97. The van der Waals surface area contributed by atoms with Crippen molar-refractivity contribution in [2.24, 2.45) is 10.2 Å². The second-order valence-electron chi connectivity index (χ2n) is 4.08. The lowest BCUT2D eigenvalue weighted by Crippen LogP contribution is -1.92. The van der Waals surface area contributed by atoms with Crippen molar-refractivity contribution < 1.29 is 0 Å². The lowest BCUT2D eigenvalue weighted by molar-refractivity contribution is 1.09. The van der Waals surface area contributed by atoms with Crippen LogP contribution < -0.4 is 0 Å². The third kappa shape index (κ3) is 2.75. The molecule has 2 rings (SSSR count). The fraction of sp³-hybridized carbons (Fsp3) is 0.143. The van der Waals surface area contributed by atoms with Crippen molar-refractivity contribution in [3.63, 3.8) is 0 Å². The lowest BCUT2D eigenvalue weighted by Gasteiger charge is -2.05. The quantitative estimate of drug-likeness (QED) is 0.636. The van der Waals surface area contributed by atoms with Gasteiger partial charge in [0.1, 0.15) is 16.4 Å². The maximum absolute atomic E-state index is 9.09. The maximum Gasteiger partial charge on any atom is 0.121 e. The van der Waals surface area contributed by atoms with Gasteiger partial charge in [0.25, 0.3) is 0 Å². The molecule has 0 aliphatic heterocycles. The van der Waals surface area contributed by atoms with Gasteiger partial charge in [0.15, 0.2) is 0 Å². The largest absolute Gasteiger partial charge is 0.347 e. The molecule has 0 unspecified atom stereocenters. The Balaban J connectivity index is 2.50. The summed E-state index contributed by atoms with van der Waals surface area (Å²) >= 11 is 5.11. The van der Waals surface area contributed by atoms with Crippen LogP contribution in [0.5, 0.6) is 0 Å². The monoisotopic (exact) mass is 268 g/mol. The number of aromatic amines is 1. The highest BCUT2D eigenvalue weighted by Crippen LogP contribution is 2.27. The Kier molecular flexibility index (Phi) is 3.83. The minimum Gasteiger partial charge on any atom is -0.347 e. The molecule has 0 amide bonds. The van der Waals surface area contributed by atoms with E-state index in [1.165, 1.54) is 0 Å². The molecule has 0 fully saturated rings. The molecule has 1 aromatic heterocycles. The van der Waals surface area contributed by atoms with Crippen LogP contribution in [0.3, 0.4) is 0 Å². The third-order valence-electron chi connectivity index (χ3n) is 2.75. The SMILES string of the molecule is Cc1[nH]c(=S)c(C#N)c(C)c1N=Nc1ccccc1. The summed E-state index contributed by atoms with van der Waals surface area (Å²) in [6, 6.07) is 11.5. The van der Waals surface area contributed by atoms with E-state index in [1.54, 1.807) is 0 Å². The van der Waals surface area contributed by atoms with Gasteiger partial charge in [-0.15, -0.1) is 5.11 Å². The minimum absolute atomic E-state index is 0.441. The second kappa shape index (κ2) is 5.55. The van der Waals surface area contributed by atoms with Gasteiger partial charge < -0.3 is 4.98 Å². The zero-order chi connectivity index (χ0) is 13.8. The normalized spacial score (nSPS) is 10.6. The molecule has 5 heteroatoms. The molecule has 2 aromatic rings. The zero-order valence-electron chi connectivity index (χ0n) is 10.6. The number of rotatable bonds is 2. The Labute approximate surface area is 116 Å². The number of azo groups is 1. The number of aromatic nitrogens is 1. The molecule has 19 heavy (non-hydrogen) atoms. The fourth-order valence-electron chi connectivity index (χ4n) is 1.75. The molecule has 0 radical (unpaired) electrons. The van der Waals surface area contributed by atoms with Gasteiger partial charge in [0.05, 0.1) is 11.3 Å². The van der Waals surface area contributed by atoms with Crippen molar-refractivity contribution in [1.29, 1.82) is 5.26 Å². The fourth-order valence-corrected chi connectivity index (χ4v) is 2.10. The molecule has 0 atom stereocenters. The Morgan fingerprint density at radius 1 is 1.16 bits per heavy atom. The van der Waals surface area contributed by atoms with Crippen LogP contribution in [0.15, 0.2) is 40.6 Å². The molecule has 0 bridgehead atoms. The van der Waals surface area contributed by atoms with Gasteiger partial charge in [-0.25, -0.2) is 0 Å². The van der Waals surface area contributed by atoms with Crippen LogP contribution in [0.4, 0.5) is 11.4 Å². The van der Waals surface area contributed by atoms with Gasteiger partial charge in [-0.2, -0.15) is 10.4 Å². The second-order valence-corrected chi connectivity index (χ2v) is 4.48. The molecule has 1 heterocycles. The van der Waals surface area contributed by atoms with E-state index in [0.717, 1.165) is 16.9 Å². The number of H-pyrrole nitrogens is 1. The molecule has 94 valence electrons. The number of aryl methyl sites for hydroxylation is 1. The number of benzene rings is 1. The zero-order valence-corrected chi connectivity index (χ0v) is 11.5. The molecule has 0 saturated heterocycles. The summed E-state index contributed by atoms with van der Waals surface area (Å²) in [5, 5.41) is 17.5. The van der Waals surface area contributed by atoms with Gasteiger partial charge in [0.2, 0.25) is 0 Å². The van der Waals surface area contributed by atoms with Crippen LogP contribution in [-0.4, -0.2) is 4.98 Å². The van der Waals surface area contributed by atoms with E-state index in [-0.39, 0.29) is 0 Å². The first-order chi connectivity index (χ1) is 9.13. The van der Waals surface area contributed by atoms with E-state index in [1.807, 2.05) is 44.2 Å². The molecular formula is C14H12N4S. The van der Waals surface area contributed by atoms with Gasteiger partial charge in [-0.1, -0.05) is 30.4 Å². The highest BCUT2D eigenvalue weighted by Gasteiger charge is 2.09. The Morgan fingerprint density at radius 2 is 1.84 bits per heavy atom. The predicted octanol–water partition coefficient (Wildman–Crippen LogP) is 4.65. The molecule has 0 saturated carbocycles. The molecule has 0 aliphatic carbocycles. The summed E-state index contributed by atoms with van der Waals surface area (Å²) in [6.07, 6.45) is 0. The predicted molar refractivity (Wildman–Crippen MR) is 76.4 cm³/mol. The van der Waals surface area contributed by atoms with Crippen LogP contribution in [-0.2, 0) is 0 Å². The highest BCUT2D eigenvalue weighted by atomic mass is 32.1. The van der Waals surface area contributed by atoms with Crippen molar-refractivity contribution in [2.45, 2.75) is 13.8 Å². The molecule has 1 N–H and O–H groups in total. The number of nitrogens with zero attached hydrogens (tertiary/aromatic N) is 3. The summed E-state index contributed by atoms with van der Waals surface area (Å²) in [7, 11) is 0. The van der Waals surface area contributed by atoms with E-state index < -0.39 is 0 Å². The average molecular weight is 268 g/mol. The Hall–Kier alpha value is -2.32. The molecular weight excluding hydrogens is 256 g/mol. The molecule has 4 nitrogen and oxygen atoms in total. The maximum atomic E-state index is 9.09. The van der Waals surface area contributed by atoms with Gasteiger partial charge in [-0.3, -0.25) is 0 Å². The first-order valence-electron chi connectivity index (χ1n) is 5.74. The first-order valence-corrected chi connectivity index (χ1v) is 6.14. The van der Waals surface area contributed by atoms with Crippen LogP contribution in [0.2, 0.25) is 0 Å². The molecule has 0 spiro atoms. The Bertz CT molecular complexity index is 724. The van der Waals surface area contributed by atoms with Crippen molar-refractivity contribution in [2.75, 3.05) is 0 Å². The summed E-state index contributed by atoms with van der Waals surface area (Å²) < 4.78 is 0.441. The Morgan fingerprint density at radius 3 is 2.47 bits per heavy atom. The third-order valence-corrected chi connectivity index (χ3v) is 3.05. The molecule has 0 aliphatic rings. The van der Waals surface area contributed by atoms with Crippen LogP contribution >= 0.6 is 12.2 Å².